The molecule has 0 atom stereocenters. The van der Waals surface area contributed by atoms with Crippen molar-refractivity contribution in [3.05, 3.63) is 42.9 Å². The summed E-state index contributed by atoms with van der Waals surface area (Å²) in [6.45, 7) is 0. The normalized spacial score (nSPS) is 10.6. The molecule has 0 amide bonds. The van der Waals surface area contributed by atoms with Gasteiger partial charge in [-0.2, -0.15) is 16.0 Å². The topological polar surface area (TPSA) is 78.8 Å². The summed E-state index contributed by atoms with van der Waals surface area (Å²) in [6.07, 6.45) is 3.02. The summed E-state index contributed by atoms with van der Waals surface area (Å²) in [4.78, 5) is 12.8. The van der Waals surface area contributed by atoms with Crippen LogP contribution in [0.15, 0.2) is 42.9 Å². The van der Waals surface area contributed by atoms with Crippen LogP contribution in [-0.4, -0.2) is 19.7 Å². The van der Waals surface area contributed by atoms with Crippen molar-refractivity contribution in [2.24, 2.45) is 5.90 Å². The second-order valence-corrected chi connectivity index (χ2v) is 3.43. The SMILES string of the molecule is NOc1ncnc2c1cnn2-c1ccccc1. The van der Waals surface area contributed by atoms with Crippen molar-refractivity contribution in [2.45, 2.75) is 0 Å². The van der Waals surface area contributed by atoms with Gasteiger partial charge in [0.25, 0.3) is 5.88 Å². The number of fused-ring (bicyclic) bond motifs is 1. The summed E-state index contributed by atoms with van der Waals surface area (Å²) < 4.78 is 1.71. The van der Waals surface area contributed by atoms with Gasteiger partial charge >= 0.3 is 0 Å². The number of nitrogens with two attached hydrogens (primary N) is 1. The van der Waals surface area contributed by atoms with E-state index in [0.717, 1.165) is 5.69 Å². The van der Waals surface area contributed by atoms with Gasteiger partial charge in [0.1, 0.15) is 11.7 Å². The van der Waals surface area contributed by atoms with Crippen LogP contribution >= 0.6 is 0 Å². The van der Waals surface area contributed by atoms with Crippen molar-refractivity contribution in [3.63, 3.8) is 0 Å². The van der Waals surface area contributed by atoms with Crippen molar-refractivity contribution >= 4 is 11.0 Å². The summed E-state index contributed by atoms with van der Waals surface area (Å²) >= 11 is 0. The molecule has 0 radical (unpaired) electrons. The molecular weight excluding hydrogens is 218 g/mol. The van der Waals surface area contributed by atoms with Gasteiger partial charge in [0.2, 0.25) is 0 Å². The first-order chi connectivity index (χ1) is 8.40. The fraction of sp³-hybridized carbons (Fsp3) is 0. The number of rotatable bonds is 2. The predicted molar refractivity (Wildman–Crippen MR) is 61.5 cm³/mol. The van der Waals surface area contributed by atoms with E-state index in [1.807, 2.05) is 30.3 Å². The number of aromatic nitrogens is 4. The van der Waals surface area contributed by atoms with Crippen LogP contribution in [0.5, 0.6) is 5.88 Å². The Morgan fingerprint density at radius 1 is 1.12 bits per heavy atom. The molecule has 0 saturated heterocycles. The third-order valence-electron chi connectivity index (χ3n) is 2.44. The van der Waals surface area contributed by atoms with Crippen LogP contribution in [0.1, 0.15) is 0 Å². The zero-order valence-electron chi connectivity index (χ0n) is 8.82. The van der Waals surface area contributed by atoms with Gasteiger partial charge in [0.05, 0.1) is 11.9 Å². The molecule has 0 bridgehead atoms. The van der Waals surface area contributed by atoms with Crippen LogP contribution in [0.3, 0.4) is 0 Å². The van der Waals surface area contributed by atoms with Crippen molar-refractivity contribution in [3.8, 4) is 11.6 Å². The molecule has 0 aliphatic heterocycles. The van der Waals surface area contributed by atoms with E-state index in [1.165, 1.54) is 6.33 Å². The molecule has 0 aliphatic carbocycles. The highest BCUT2D eigenvalue weighted by Gasteiger charge is 2.10. The van der Waals surface area contributed by atoms with E-state index in [9.17, 15) is 0 Å². The molecular formula is C11H9N5O. The molecule has 0 fully saturated rings. The Hall–Kier alpha value is -2.47. The summed E-state index contributed by atoms with van der Waals surface area (Å²) in [7, 11) is 0. The lowest BCUT2D eigenvalue weighted by Gasteiger charge is -2.02. The Balaban J connectivity index is 2.26. The lowest BCUT2D eigenvalue weighted by Crippen LogP contribution is -2.04. The van der Waals surface area contributed by atoms with E-state index >= 15 is 0 Å². The first kappa shape index (κ1) is 9.73. The van der Waals surface area contributed by atoms with Crippen LogP contribution < -0.4 is 10.7 Å². The molecule has 6 nitrogen and oxygen atoms in total. The second kappa shape index (κ2) is 3.84. The molecule has 3 rings (SSSR count). The smallest absolute Gasteiger partial charge is 0.251 e. The van der Waals surface area contributed by atoms with E-state index in [4.69, 9.17) is 5.90 Å². The molecule has 0 aliphatic rings. The first-order valence-corrected chi connectivity index (χ1v) is 5.01. The van der Waals surface area contributed by atoms with Gasteiger partial charge in [-0.15, -0.1) is 0 Å². The highest BCUT2D eigenvalue weighted by molar-refractivity contribution is 5.81. The summed E-state index contributed by atoms with van der Waals surface area (Å²) in [5.41, 5.74) is 1.58. The Morgan fingerprint density at radius 3 is 2.71 bits per heavy atom. The zero-order chi connectivity index (χ0) is 11.7. The Labute approximate surface area is 96.6 Å². The number of hydrogen-bond acceptors (Lipinski definition) is 5. The average molecular weight is 227 g/mol. The number of hydrogen-bond donors (Lipinski definition) is 1. The molecule has 0 spiro atoms. The minimum atomic E-state index is 0.317. The molecule has 17 heavy (non-hydrogen) atoms. The largest absolute Gasteiger partial charge is 0.390 e. The van der Waals surface area contributed by atoms with E-state index in [0.29, 0.717) is 16.9 Å². The molecule has 3 aromatic rings. The summed E-state index contributed by atoms with van der Waals surface area (Å²) in [6, 6.07) is 9.70. The molecule has 2 aromatic heterocycles. The third-order valence-corrected chi connectivity index (χ3v) is 2.44. The van der Waals surface area contributed by atoms with Gasteiger partial charge in [0, 0.05) is 0 Å². The van der Waals surface area contributed by atoms with Gasteiger partial charge in [-0.05, 0) is 12.1 Å². The Bertz CT molecular complexity index is 649. The standard InChI is InChI=1S/C11H9N5O/c12-17-11-9-6-15-16(10(9)13-7-14-11)8-4-2-1-3-5-8/h1-7H,12H2. The van der Waals surface area contributed by atoms with Gasteiger partial charge < -0.3 is 4.84 Å². The van der Waals surface area contributed by atoms with E-state index < -0.39 is 0 Å². The minimum absolute atomic E-state index is 0.317. The van der Waals surface area contributed by atoms with Crippen molar-refractivity contribution in [1.29, 1.82) is 0 Å². The maximum atomic E-state index is 5.14. The van der Waals surface area contributed by atoms with Gasteiger partial charge in [-0.25, -0.2) is 9.67 Å². The molecule has 2 N–H and O–H groups in total. The monoisotopic (exact) mass is 227 g/mol. The fourth-order valence-corrected chi connectivity index (χ4v) is 1.67. The van der Waals surface area contributed by atoms with Crippen molar-refractivity contribution in [1.82, 2.24) is 19.7 Å². The number of para-hydroxylation sites is 1. The average Bonchev–Trinajstić information content (AvgIpc) is 2.83. The van der Waals surface area contributed by atoms with Gasteiger partial charge in [-0.1, -0.05) is 18.2 Å². The zero-order valence-corrected chi connectivity index (χ0v) is 8.82. The molecule has 0 unspecified atom stereocenters. The van der Waals surface area contributed by atoms with E-state index in [2.05, 4.69) is 19.9 Å². The van der Waals surface area contributed by atoms with Crippen LogP contribution in [0.4, 0.5) is 0 Å². The fourth-order valence-electron chi connectivity index (χ4n) is 1.67. The van der Waals surface area contributed by atoms with E-state index in [-0.39, 0.29) is 0 Å². The summed E-state index contributed by atoms with van der Waals surface area (Å²) in [5, 5.41) is 4.93. The molecule has 84 valence electrons. The maximum Gasteiger partial charge on any atom is 0.251 e. The Kier molecular flexibility index (Phi) is 2.20. The molecule has 2 heterocycles. The molecule has 0 saturated carbocycles. The predicted octanol–water partition coefficient (Wildman–Crippen LogP) is 1.07. The van der Waals surface area contributed by atoms with Crippen LogP contribution in [0.2, 0.25) is 0 Å². The van der Waals surface area contributed by atoms with Crippen LogP contribution in [0.25, 0.3) is 16.7 Å². The van der Waals surface area contributed by atoms with Crippen molar-refractivity contribution < 1.29 is 4.84 Å². The Morgan fingerprint density at radius 2 is 1.94 bits per heavy atom. The lowest BCUT2D eigenvalue weighted by molar-refractivity contribution is 0.325. The van der Waals surface area contributed by atoms with Crippen LogP contribution in [0, 0.1) is 0 Å². The highest BCUT2D eigenvalue weighted by Crippen LogP contribution is 2.21. The quantitative estimate of drug-likeness (QED) is 0.662. The first-order valence-electron chi connectivity index (χ1n) is 5.01. The highest BCUT2D eigenvalue weighted by atomic mass is 16.6. The number of nitrogens with zero attached hydrogens (tertiary/aromatic N) is 4. The molecule has 6 heteroatoms. The third kappa shape index (κ3) is 1.51. The number of benzene rings is 1. The summed E-state index contributed by atoms with van der Waals surface area (Å²) in [5.74, 6) is 5.45. The molecule has 1 aromatic carbocycles. The maximum absolute atomic E-state index is 5.14. The second-order valence-electron chi connectivity index (χ2n) is 3.43. The van der Waals surface area contributed by atoms with Crippen molar-refractivity contribution in [2.75, 3.05) is 0 Å². The van der Waals surface area contributed by atoms with Gasteiger partial charge in [-0.3, -0.25) is 0 Å². The lowest BCUT2D eigenvalue weighted by atomic mass is 10.3. The van der Waals surface area contributed by atoms with E-state index in [1.54, 1.807) is 10.9 Å². The van der Waals surface area contributed by atoms with Crippen LogP contribution in [-0.2, 0) is 0 Å². The van der Waals surface area contributed by atoms with Gasteiger partial charge in [0.15, 0.2) is 5.65 Å². The minimum Gasteiger partial charge on any atom is -0.390 e.